The van der Waals surface area contributed by atoms with Gasteiger partial charge < -0.3 is 4.52 Å². The first-order chi connectivity index (χ1) is 10.4. The molecule has 0 radical (unpaired) electrons. The van der Waals surface area contributed by atoms with Crippen LogP contribution in [-0.2, 0) is 13.0 Å². The monoisotopic (exact) mass is 313 g/mol. The van der Waals surface area contributed by atoms with Crippen molar-refractivity contribution in [3.05, 3.63) is 33.9 Å². The third-order valence-electron chi connectivity index (χ3n) is 4.07. The molecule has 0 bridgehead atoms. The van der Waals surface area contributed by atoms with Gasteiger partial charge in [0.2, 0.25) is 5.92 Å². The first kappa shape index (κ1) is 14.9. The number of alkyl halides is 2. The van der Waals surface area contributed by atoms with Gasteiger partial charge in [0.25, 0.3) is 0 Å². The standard InChI is InChI=1S/C14H17F2N3O3/c1-9-6-11(17-21-9)8-19-12(18-22-13(19)20)7-10-2-4-14(15,16)5-3-10/h6,10H,2-5,7-8H2,1H3. The highest BCUT2D eigenvalue weighted by atomic mass is 19.3. The van der Waals surface area contributed by atoms with E-state index in [-0.39, 0.29) is 25.3 Å². The second kappa shape index (κ2) is 5.66. The van der Waals surface area contributed by atoms with Gasteiger partial charge in [-0.05, 0) is 25.7 Å². The van der Waals surface area contributed by atoms with Gasteiger partial charge in [0, 0.05) is 25.3 Å². The van der Waals surface area contributed by atoms with Gasteiger partial charge >= 0.3 is 5.76 Å². The molecule has 1 saturated carbocycles. The van der Waals surface area contributed by atoms with Gasteiger partial charge in [0.15, 0.2) is 5.82 Å². The zero-order valence-electron chi connectivity index (χ0n) is 12.2. The van der Waals surface area contributed by atoms with E-state index in [1.807, 2.05) is 0 Å². The van der Waals surface area contributed by atoms with E-state index in [2.05, 4.69) is 10.3 Å². The molecule has 0 spiro atoms. The fourth-order valence-corrected chi connectivity index (χ4v) is 2.82. The van der Waals surface area contributed by atoms with E-state index >= 15 is 0 Å². The first-order valence-electron chi connectivity index (χ1n) is 7.28. The molecule has 3 rings (SSSR count). The summed E-state index contributed by atoms with van der Waals surface area (Å²) < 4.78 is 37.4. The van der Waals surface area contributed by atoms with E-state index < -0.39 is 11.7 Å². The topological polar surface area (TPSA) is 74.1 Å². The summed E-state index contributed by atoms with van der Waals surface area (Å²) in [5.74, 6) is -1.92. The van der Waals surface area contributed by atoms with Crippen molar-refractivity contribution in [3.63, 3.8) is 0 Å². The summed E-state index contributed by atoms with van der Waals surface area (Å²) in [6, 6.07) is 1.73. The SMILES string of the molecule is Cc1cc(Cn2c(CC3CCC(F)(F)CC3)noc2=O)no1. The third kappa shape index (κ3) is 3.26. The van der Waals surface area contributed by atoms with Gasteiger partial charge in [0.05, 0.1) is 6.54 Å². The Hall–Kier alpha value is -1.99. The summed E-state index contributed by atoms with van der Waals surface area (Å²) >= 11 is 0. The molecule has 6 nitrogen and oxygen atoms in total. The lowest BCUT2D eigenvalue weighted by atomic mass is 9.84. The van der Waals surface area contributed by atoms with Crippen LogP contribution in [0.15, 0.2) is 19.9 Å². The molecule has 1 fully saturated rings. The van der Waals surface area contributed by atoms with Crippen molar-refractivity contribution < 1.29 is 17.8 Å². The second-order valence-electron chi connectivity index (χ2n) is 5.88. The van der Waals surface area contributed by atoms with E-state index in [0.717, 1.165) is 0 Å². The van der Waals surface area contributed by atoms with Gasteiger partial charge in [-0.25, -0.2) is 13.6 Å². The van der Waals surface area contributed by atoms with Crippen LogP contribution >= 0.6 is 0 Å². The van der Waals surface area contributed by atoms with Crippen LogP contribution in [0.3, 0.4) is 0 Å². The van der Waals surface area contributed by atoms with Crippen LogP contribution < -0.4 is 5.76 Å². The maximum atomic E-state index is 13.2. The molecule has 1 aliphatic carbocycles. The Morgan fingerprint density at radius 1 is 1.32 bits per heavy atom. The Morgan fingerprint density at radius 3 is 2.68 bits per heavy atom. The fourth-order valence-electron chi connectivity index (χ4n) is 2.82. The number of hydrogen-bond donors (Lipinski definition) is 0. The summed E-state index contributed by atoms with van der Waals surface area (Å²) in [6.45, 7) is 1.97. The Bertz CT molecular complexity index is 694. The van der Waals surface area contributed by atoms with Crippen molar-refractivity contribution in [1.82, 2.24) is 14.9 Å². The summed E-state index contributed by atoms with van der Waals surface area (Å²) in [4.78, 5) is 11.8. The number of halogens is 2. The normalized spacial score (nSPS) is 18.7. The molecule has 1 aliphatic rings. The minimum absolute atomic E-state index is 0.0921. The third-order valence-corrected chi connectivity index (χ3v) is 4.07. The molecule has 0 atom stereocenters. The summed E-state index contributed by atoms with van der Waals surface area (Å²) in [7, 11) is 0. The highest BCUT2D eigenvalue weighted by Gasteiger charge is 2.35. The highest BCUT2D eigenvalue weighted by Crippen LogP contribution is 2.37. The van der Waals surface area contributed by atoms with Crippen molar-refractivity contribution in [2.24, 2.45) is 5.92 Å². The lowest BCUT2D eigenvalue weighted by Gasteiger charge is -2.27. The molecule has 0 N–H and O–H groups in total. The van der Waals surface area contributed by atoms with Crippen LogP contribution in [0.1, 0.15) is 43.0 Å². The van der Waals surface area contributed by atoms with Crippen LogP contribution in [0.25, 0.3) is 0 Å². The van der Waals surface area contributed by atoms with E-state index in [1.54, 1.807) is 13.0 Å². The molecule has 0 amide bonds. The van der Waals surface area contributed by atoms with Crippen LogP contribution in [0, 0.1) is 12.8 Å². The number of hydrogen-bond acceptors (Lipinski definition) is 5. The lowest BCUT2D eigenvalue weighted by molar-refractivity contribution is -0.0459. The molecular weight excluding hydrogens is 296 g/mol. The van der Waals surface area contributed by atoms with Crippen molar-refractivity contribution in [2.45, 2.75) is 51.5 Å². The average molecular weight is 313 g/mol. The van der Waals surface area contributed by atoms with E-state index in [4.69, 9.17) is 9.05 Å². The smallest absolute Gasteiger partial charge is 0.361 e. The number of aryl methyl sites for hydroxylation is 1. The minimum atomic E-state index is -2.56. The zero-order chi connectivity index (χ0) is 15.7. The zero-order valence-corrected chi connectivity index (χ0v) is 12.2. The molecule has 8 heteroatoms. The predicted molar refractivity (Wildman–Crippen MR) is 71.7 cm³/mol. The molecule has 120 valence electrons. The van der Waals surface area contributed by atoms with E-state index in [9.17, 15) is 13.6 Å². The highest BCUT2D eigenvalue weighted by molar-refractivity contribution is 5.05. The van der Waals surface area contributed by atoms with Crippen LogP contribution in [0.5, 0.6) is 0 Å². The molecule has 2 aromatic rings. The average Bonchev–Trinajstić information content (AvgIpc) is 3.02. The van der Waals surface area contributed by atoms with Gasteiger partial charge in [-0.3, -0.25) is 9.09 Å². The summed E-state index contributed by atoms with van der Waals surface area (Å²) in [5, 5.41) is 7.61. The molecule has 0 saturated heterocycles. The predicted octanol–water partition coefficient (Wildman–Crippen LogP) is 2.55. The van der Waals surface area contributed by atoms with Gasteiger partial charge in [-0.1, -0.05) is 10.3 Å². The van der Waals surface area contributed by atoms with Crippen molar-refractivity contribution in [2.75, 3.05) is 0 Å². The van der Waals surface area contributed by atoms with Crippen LogP contribution in [-0.4, -0.2) is 20.8 Å². The summed E-state index contributed by atoms with van der Waals surface area (Å²) in [6.07, 6.45) is 1.09. The number of rotatable bonds is 4. The van der Waals surface area contributed by atoms with Crippen molar-refractivity contribution in [3.8, 4) is 0 Å². The van der Waals surface area contributed by atoms with Crippen LogP contribution in [0.2, 0.25) is 0 Å². The fraction of sp³-hybridized carbons (Fsp3) is 0.643. The lowest BCUT2D eigenvalue weighted by Crippen LogP contribution is -2.27. The molecule has 22 heavy (non-hydrogen) atoms. The molecule has 0 aromatic carbocycles. The Labute approximate surface area is 125 Å². The second-order valence-corrected chi connectivity index (χ2v) is 5.88. The van der Waals surface area contributed by atoms with Crippen LogP contribution in [0.4, 0.5) is 8.78 Å². The largest absolute Gasteiger partial charge is 0.441 e. The number of aromatic nitrogens is 3. The Kier molecular flexibility index (Phi) is 3.84. The maximum absolute atomic E-state index is 13.2. The Morgan fingerprint density at radius 2 is 2.05 bits per heavy atom. The molecular formula is C14H17F2N3O3. The Balaban J connectivity index is 1.71. The molecule has 0 unspecified atom stereocenters. The van der Waals surface area contributed by atoms with Crippen molar-refractivity contribution in [1.29, 1.82) is 0 Å². The molecule has 2 heterocycles. The molecule has 0 aliphatic heterocycles. The van der Waals surface area contributed by atoms with E-state index in [0.29, 0.717) is 36.5 Å². The maximum Gasteiger partial charge on any atom is 0.441 e. The van der Waals surface area contributed by atoms with E-state index in [1.165, 1.54) is 4.57 Å². The number of nitrogens with zero attached hydrogens (tertiary/aromatic N) is 3. The molecule has 2 aromatic heterocycles. The van der Waals surface area contributed by atoms with Gasteiger partial charge in [-0.2, -0.15) is 0 Å². The summed E-state index contributed by atoms with van der Waals surface area (Å²) in [5.41, 5.74) is 0.597. The first-order valence-corrected chi connectivity index (χ1v) is 7.28. The quantitative estimate of drug-likeness (QED) is 0.867. The van der Waals surface area contributed by atoms with Gasteiger partial charge in [0.1, 0.15) is 11.5 Å². The minimum Gasteiger partial charge on any atom is -0.361 e. The van der Waals surface area contributed by atoms with Crippen molar-refractivity contribution >= 4 is 0 Å². The van der Waals surface area contributed by atoms with Gasteiger partial charge in [-0.15, -0.1) is 0 Å².